The molecule has 3 aromatic heterocycles. The second-order valence-electron chi connectivity index (χ2n) is 14.2. The molecule has 3 heterocycles. The fourth-order valence-electron chi connectivity index (χ4n) is 8.29. The minimum Gasteiger partial charge on any atom is -0.456 e. The standard InChI is InChI=1S/C51H32N4O/c1-5-16-32(17-6-1)36-28-43(51-54-49(34-20-9-3-10-21-34)53-50(55-51)35-22-11-4-12-23-35)48(52-31-36)39-26-15-27-44-47(39)42-29-41-40(30-45(42)56-44)37-24-13-14-25-38(37)46(41)33-18-7-2-8-19-33/h1-31,46H. The van der Waals surface area contributed by atoms with Gasteiger partial charge in [0, 0.05) is 50.7 Å². The smallest absolute Gasteiger partial charge is 0.166 e. The minimum atomic E-state index is 0.112. The van der Waals surface area contributed by atoms with Crippen molar-refractivity contribution in [1.29, 1.82) is 0 Å². The molecule has 0 saturated carbocycles. The molecule has 0 saturated heterocycles. The molecule has 0 aliphatic heterocycles. The zero-order valence-electron chi connectivity index (χ0n) is 30.2. The van der Waals surface area contributed by atoms with Crippen LogP contribution in [0, 0.1) is 0 Å². The van der Waals surface area contributed by atoms with Crippen LogP contribution >= 0.6 is 0 Å². The van der Waals surface area contributed by atoms with Crippen molar-refractivity contribution in [2.24, 2.45) is 0 Å². The molecule has 7 aromatic carbocycles. The van der Waals surface area contributed by atoms with Crippen LogP contribution in [-0.4, -0.2) is 19.9 Å². The third-order valence-corrected chi connectivity index (χ3v) is 10.9. The van der Waals surface area contributed by atoms with E-state index in [-0.39, 0.29) is 5.92 Å². The number of benzene rings is 7. The topological polar surface area (TPSA) is 64.7 Å². The van der Waals surface area contributed by atoms with Crippen LogP contribution in [0.5, 0.6) is 0 Å². The van der Waals surface area contributed by atoms with E-state index in [2.05, 4.69) is 97.1 Å². The van der Waals surface area contributed by atoms with Crippen molar-refractivity contribution in [3.8, 4) is 67.7 Å². The summed E-state index contributed by atoms with van der Waals surface area (Å²) in [6.07, 6.45) is 1.95. The summed E-state index contributed by atoms with van der Waals surface area (Å²) in [5.41, 5.74) is 14.3. The summed E-state index contributed by atoms with van der Waals surface area (Å²) in [5, 5.41) is 2.06. The molecule has 0 amide bonds. The van der Waals surface area contributed by atoms with E-state index in [9.17, 15) is 0 Å². The summed E-state index contributed by atoms with van der Waals surface area (Å²) in [7, 11) is 0. The second kappa shape index (κ2) is 13.1. The van der Waals surface area contributed by atoms with Gasteiger partial charge in [-0.1, -0.05) is 158 Å². The average Bonchev–Trinajstić information content (AvgIpc) is 3.81. The second-order valence-corrected chi connectivity index (χ2v) is 14.2. The Kier molecular flexibility index (Phi) is 7.49. The van der Waals surface area contributed by atoms with Gasteiger partial charge in [0.2, 0.25) is 0 Å². The van der Waals surface area contributed by atoms with Gasteiger partial charge in [0.05, 0.1) is 5.69 Å². The zero-order chi connectivity index (χ0) is 37.0. The molecule has 0 bridgehead atoms. The van der Waals surface area contributed by atoms with Gasteiger partial charge in [0.1, 0.15) is 11.2 Å². The van der Waals surface area contributed by atoms with Gasteiger partial charge in [-0.2, -0.15) is 0 Å². The van der Waals surface area contributed by atoms with Crippen molar-refractivity contribution in [3.05, 3.63) is 205 Å². The molecule has 5 nitrogen and oxygen atoms in total. The largest absolute Gasteiger partial charge is 0.456 e. The normalized spacial score (nSPS) is 13.2. The Labute approximate surface area is 323 Å². The lowest BCUT2D eigenvalue weighted by Crippen LogP contribution is -2.02. The van der Waals surface area contributed by atoms with Gasteiger partial charge in [0.15, 0.2) is 17.5 Å². The highest BCUT2D eigenvalue weighted by Crippen LogP contribution is 2.51. The van der Waals surface area contributed by atoms with Crippen LogP contribution < -0.4 is 0 Å². The van der Waals surface area contributed by atoms with Crippen molar-refractivity contribution in [1.82, 2.24) is 19.9 Å². The van der Waals surface area contributed by atoms with E-state index in [1.807, 2.05) is 91.1 Å². The Morgan fingerprint density at radius 2 is 0.982 bits per heavy atom. The number of aromatic nitrogens is 4. The molecule has 1 aliphatic rings. The molecule has 56 heavy (non-hydrogen) atoms. The Bertz CT molecular complexity index is 3010. The summed E-state index contributed by atoms with van der Waals surface area (Å²) in [5.74, 6) is 1.85. The van der Waals surface area contributed by atoms with Gasteiger partial charge >= 0.3 is 0 Å². The first-order valence-electron chi connectivity index (χ1n) is 18.8. The Balaban J connectivity index is 1.17. The fraction of sp³-hybridized carbons (Fsp3) is 0.0196. The van der Waals surface area contributed by atoms with Crippen LogP contribution in [0.4, 0.5) is 0 Å². The first kappa shape index (κ1) is 32.0. The van der Waals surface area contributed by atoms with E-state index in [1.165, 1.54) is 27.8 Å². The lowest BCUT2D eigenvalue weighted by atomic mass is 9.88. The number of fused-ring (bicyclic) bond motifs is 6. The third kappa shape index (κ3) is 5.32. The van der Waals surface area contributed by atoms with Crippen LogP contribution in [-0.2, 0) is 0 Å². The zero-order valence-corrected chi connectivity index (χ0v) is 30.2. The maximum Gasteiger partial charge on any atom is 0.166 e. The van der Waals surface area contributed by atoms with Crippen LogP contribution in [0.2, 0.25) is 0 Å². The van der Waals surface area contributed by atoms with E-state index in [1.54, 1.807) is 0 Å². The molecule has 11 rings (SSSR count). The van der Waals surface area contributed by atoms with Crippen LogP contribution in [0.25, 0.3) is 89.6 Å². The minimum absolute atomic E-state index is 0.112. The Morgan fingerprint density at radius 1 is 0.393 bits per heavy atom. The summed E-state index contributed by atoms with van der Waals surface area (Å²) >= 11 is 0. The molecule has 1 aliphatic carbocycles. The molecule has 1 atom stereocenters. The first-order valence-corrected chi connectivity index (χ1v) is 18.8. The summed E-state index contributed by atoms with van der Waals surface area (Å²) in [6, 6.07) is 63.0. The maximum absolute atomic E-state index is 6.72. The van der Waals surface area contributed by atoms with Crippen molar-refractivity contribution >= 4 is 21.9 Å². The van der Waals surface area contributed by atoms with Gasteiger partial charge in [-0.25, -0.2) is 15.0 Å². The summed E-state index contributed by atoms with van der Waals surface area (Å²) < 4.78 is 6.72. The SMILES string of the molecule is c1ccc(-c2cnc(-c3cccc4oc5cc6c(cc5c34)C(c3ccccc3)c3ccccc3-6)c(-c3nc(-c4ccccc4)nc(-c4ccccc4)n3)c2)cc1. The van der Waals surface area contributed by atoms with Crippen LogP contribution in [0.3, 0.4) is 0 Å². The lowest BCUT2D eigenvalue weighted by molar-refractivity contribution is 0.669. The third-order valence-electron chi connectivity index (χ3n) is 10.9. The highest BCUT2D eigenvalue weighted by atomic mass is 16.3. The molecule has 5 heteroatoms. The number of pyridine rings is 1. The molecule has 0 spiro atoms. The molecule has 0 fully saturated rings. The Morgan fingerprint density at radius 3 is 1.68 bits per heavy atom. The number of nitrogens with zero attached hydrogens (tertiary/aromatic N) is 4. The highest BCUT2D eigenvalue weighted by molar-refractivity contribution is 6.14. The first-order chi connectivity index (χ1) is 27.8. The van der Waals surface area contributed by atoms with Gasteiger partial charge in [-0.05, 0) is 57.6 Å². The predicted molar refractivity (Wildman–Crippen MR) is 225 cm³/mol. The number of rotatable bonds is 6. The number of furan rings is 1. The molecular formula is C51H32N4O. The molecule has 262 valence electrons. The van der Waals surface area contributed by atoms with Gasteiger partial charge in [0.25, 0.3) is 0 Å². The number of hydrogen-bond acceptors (Lipinski definition) is 5. The van der Waals surface area contributed by atoms with Crippen molar-refractivity contribution in [3.63, 3.8) is 0 Å². The van der Waals surface area contributed by atoms with E-state index in [4.69, 9.17) is 24.4 Å². The molecule has 10 aromatic rings. The van der Waals surface area contributed by atoms with Gasteiger partial charge in [-0.3, -0.25) is 4.98 Å². The van der Waals surface area contributed by atoms with Crippen LogP contribution in [0.1, 0.15) is 22.6 Å². The van der Waals surface area contributed by atoms with Gasteiger partial charge in [-0.15, -0.1) is 0 Å². The van der Waals surface area contributed by atoms with E-state index in [0.717, 1.165) is 61.0 Å². The Hall–Kier alpha value is -7.50. The summed E-state index contributed by atoms with van der Waals surface area (Å²) in [6.45, 7) is 0. The van der Waals surface area contributed by atoms with Crippen molar-refractivity contribution in [2.45, 2.75) is 5.92 Å². The molecule has 0 N–H and O–H groups in total. The highest BCUT2D eigenvalue weighted by Gasteiger charge is 2.31. The molecule has 0 radical (unpaired) electrons. The maximum atomic E-state index is 6.72. The fourth-order valence-corrected chi connectivity index (χ4v) is 8.29. The van der Waals surface area contributed by atoms with E-state index < -0.39 is 0 Å². The predicted octanol–water partition coefficient (Wildman–Crippen LogP) is 12.7. The number of hydrogen-bond donors (Lipinski definition) is 0. The van der Waals surface area contributed by atoms with Crippen molar-refractivity contribution in [2.75, 3.05) is 0 Å². The van der Waals surface area contributed by atoms with Gasteiger partial charge < -0.3 is 4.42 Å². The van der Waals surface area contributed by atoms with E-state index >= 15 is 0 Å². The van der Waals surface area contributed by atoms with Crippen LogP contribution in [0.15, 0.2) is 193 Å². The average molecular weight is 717 g/mol. The summed E-state index contributed by atoms with van der Waals surface area (Å²) in [4.78, 5) is 20.6. The van der Waals surface area contributed by atoms with Crippen molar-refractivity contribution < 1.29 is 4.42 Å². The van der Waals surface area contributed by atoms with E-state index in [0.29, 0.717) is 17.5 Å². The quantitative estimate of drug-likeness (QED) is 0.171. The molecular weight excluding hydrogens is 685 g/mol. The molecule has 1 unspecified atom stereocenters. The monoisotopic (exact) mass is 716 g/mol. The lowest BCUT2D eigenvalue weighted by Gasteiger charge is -2.15.